The average molecular weight is 262 g/mol. The van der Waals surface area contributed by atoms with Gasteiger partial charge in [-0.3, -0.25) is 0 Å². The summed E-state index contributed by atoms with van der Waals surface area (Å²) in [5.41, 5.74) is 3.78. The number of rotatable bonds is 3. The average Bonchev–Trinajstić information content (AvgIpc) is 2.87. The van der Waals surface area contributed by atoms with Crippen LogP contribution < -0.4 is 5.32 Å². The number of aliphatic hydroxyl groups excluding tert-OH is 1. The molecule has 1 aromatic heterocycles. The monoisotopic (exact) mass is 262 g/mol. The van der Waals surface area contributed by atoms with Crippen molar-refractivity contribution in [2.24, 2.45) is 0 Å². The number of nitrogens with one attached hydrogen (secondary N) is 1. The van der Waals surface area contributed by atoms with E-state index in [-0.39, 0.29) is 0 Å². The second-order valence-corrected chi connectivity index (χ2v) is 5.83. The van der Waals surface area contributed by atoms with Crippen molar-refractivity contribution < 1.29 is 5.11 Å². The van der Waals surface area contributed by atoms with Gasteiger partial charge in [-0.25, -0.2) is 4.98 Å². The highest BCUT2D eigenvalue weighted by atomic mass is 32.1. The molecule has 0 saturated carbocycles. The third-order valence-electron chi connectivity index (χ3n) is 3.67. The molecular weight excluding hydrogens is 244 g/mol. The molecule has 2 aromatic rings. The summed E-state index contributed by atoms with van der Waals surface area (Å²) in [7, 11) is 0. The smallest absolute Gasteiger partial charge is 0.0869 e. The fourth-order valence-corrected chi connectivity index (χ4v) is 3.41. The first kappa shape index (κ1) is 12.1. The van der Waals surface area contributed by atoms with Gasteiger partial charge >= 0.3 is 0 Å². The lowest BCUT2D eigenvalue weighted by Gasteiger charge is -2.25. The molecule has 2 heterocycles. The van der Waals surface area contributed by atoms with E-state index in [9.17, 15) is 5.11 Å². The number of para-hydroxylation sites is 1. The van der Waals surface area contributed by atoms with Crippen LogP contribution in [-0.2, 0) is 0 Å². The van der Waals surface area contributed by atoms with Gasteiger partial charge in [-0.1, -0.05) is 18.6 Å². The van der Waals surface area contributed by atoms with Crippen LogP contribution in [0.25, 0.3) is 10.2 Å². The van der Waals surface area contributed by atoms with Crippen molar-refractivity contribution in [3.8, 4) is 0 Å². The van der Waals surface area contributed by atoms with Crippen LogP contribution in [0.15, 0.2) is 23.7 Å². The van der Waals surface area contributed by atoms with E-state index in [1.807, 2.05) is 17.6 Å². The molecule has 1 aliphatic heterocycles. The second-order valence-electron chi connectivity index (χ2n) is 4.94. The number of hydrogen-bond donors (Lipinski definition) is 2. The minimum atomic E-state index is -0.411. The van der Waals surface area contributed by atoms with E-state index in [1.165, 1.54) is 19.3 Å². The summed E-state index contributed by atoms with van der Waals surface area (Å²) in [5.74, 6) is 0. The van der Waals surface area contributed by atoms with E-state index < -0.39 is 6.10 Å². The molecular formula is C14H18N2OS. The van der Waals surface area contributed by atoms with E-state index in [1.54, 1.807) is 11.3 Å². The lowest BCUT2D eigenvalue weighted by atomic mass is 9.95. The molecule has 1 saturated heterocycles. The summed E-state index contributed by atoms with van der Waals surface area (Å²) in [5, 5.41) is 13.9. The van der Waals surface area contributed by atoms with Crippen molar-refractivity contribution in [2.45, 2.75) is 37.8 Å². The molecule has 2 atom stereocenters. The molecule has 0 spiro atoms. The van der Waals surface area contributed by atoms with E-state index in [4.69, 9.17) is 0 Å². The van der Waals surface area contributed by atoms with Crippen molar-refractivity contribution in [3.05, 3.63) is 29.3 Å². The summed E-state index contributed by atoms with van der Waals surface area (Å²) in [4.78, 5) is 4.37. The molecule has 1 aliphatic rings. The topological polar surface area (TPSA) is 45.1 Å². The Labute approximate surface area is 111 Å². The predicted molar refractivity (Wildman–Crippen MR) is 74.8 cm³/mol. The van der Waals surface area contributed by atoms with Crippen molar-refractivity contribution in [1.29, 1.82) is 0 Å². The maximum absolute atomic E-state index is 10.4. The minimum Gasteiger partial charge on any atom is -0.388 e. The third-order valence-corrected chi connectivity index (χ3v) is 4.47. The van der Waals surface area contributed by atoms with E-state index in [0.717, 1.165) is 28.7 Å². The fourth-order valence-electron chi connectivity index (χ4n) is 2.70. The zero-order valence-corrected chi connectivity index (χ0v) is 11.1. The number of hydrogen-bond acceptors (Lipinski definition) is 4. The first-order valence-electron chi connectivity index (χ1n) is 6.58. The van der Waals surface area contributed by atoms with Gasteiger partial charge in [-0.05, 0) is 31.9 Å². The number of fused-ring (bicyclic) bond motifs is 1. The SMILES string of the molecule is O[C@H](C[C@@H]1CCCCN1)c1cccc2scnc12. The van der Waals surface area contributed by atoms with Crippen molar-refractivity contribution in [3.63, 3.8) is 0 Å². The van der Waals surface area contributed by atoms with Crippen LogP contribution >= 0.6 is 11.3 Å². The summed E-state index contributed by atoms with van der Waals surface area (Å²) < 4.78 is 1.16. The highest BCUT2D eigenvalue weighted by Gasteiger charge is 2.19. The fraction of sp³-hybridized carbons (Fsp3) is 0.500. The largest absolute Gasteiger partial charge is 0.388 e. The van der Waals surface area contributed by atoms with Crippen LogP contribution in [0.4, 0.5) is 0 Å². The van der Waals surface area contributed by atoms with Gasteiger partial charge in [0.15, 0.2) is 0 Å². The summed E-state index contributed by atoms with van der Waals surface area (Å²) in [6.45, 7) is 1.08. The van der Waals surface area contributed by atoms with Crippen LogP contribution in [0.5, 0.6) is 0 Å². The zero-order valence-electron chi connectivity index (χ0n) is 10.3. The number of nitrogens with zero attached hydrogens (tertiary/aromatic N) is 1. The van der Waals surface area contributed by atoms with Gasteiger partial charge in [0.2, 0.25) is 0 Å². The Morgan fingerprint density at radius 2 is 2.39 bits per heavy atom. The molecule has 3 rings (SSSR count). The van der Waals surface area contributed by atoms with Crippen molar-refractivity contribution >= 4 is 21.6 Å². The van der Waals surface area contributed by atoms with E-state index in [2.05, 4.69) is 16.4 Å². The molecule has 18 heavy (non-hydrogen) atoms. The molecule has 0 bridgehead atoms. The first-order chi connectivity index (χ1) is 8.84. The Hall–Kier alpha value is -0.970. The maximum Gasteiger partial charge on any atom is 0.0869 e. The zero-order chi connectivity index (χ0) is 12.4. The van der Waals surface area contributed by atoms with Gasteiger partial charge in [0.05, 0.1) is 21.8 Å². The Morgan fingerprint density at radius 3 is 3.22 bits per heavy atom. The first-order valence-corrected chi connectivity index (χ1v) is 7.46. The molecule has 0 amide bonds. The minimum absolute atomic E-state index is 0.411. The quantitative estimate of drug-likeness (QED) is 0.894. The lowest BCUT2D eigenvalue weighted by molar-refractivity contribution is 0.146. The third kappa shape index (κ3) is 2.41. The molecule has 1 fully saturated rings. The number of benzene rings is 1. The normalized spacial score (nSPS) is 22.2. The van der Waals surface area contributed by atoms with E-state index in [0.29, 0.717) is 6.04 Å². The molecule has 0 unspecified atom stereocenters. The van der Waals surface area contributed by atoms with Crippen LogP contribution in [0.2, 0.25) is 0 Å². The molecule has 1 aromatic carbocycles. The predicted octanol–water partition coefficient (Wildman–Crippen LogP) is 2.86. The van der Waals surface area contributed by atoms with Crippen LogP contribution in [0.1, 0.15) is 37.4 Å². The number of thiazole rings is 1. The van der Waals surface area contributed by atoms with Crippen LogP contribution in [0, 0.1) is 0 Å². The van der Waals surface area contributed by atoms with E-state index >= 15 is 0 Å². The molecule has 3 nitrogen and oxygen atoms in total. The summed E-state index contributed by atoms with van der Waals surface area (Å²) in [6, 6.07) is 6.51. The Morgan fingerprint density at radius 1 is 1.44 bits per heavy atom. The Balaban J connectivity index is 1.78. The Bertz CT molecular complexity index is 519. The number of aromatic nitrogens is 1. The van der Waals surface area contributed by atoms with Gasteiger partial charge < -0.3 is 10.4 Å². The van der Waals surface area contributed by atoms with Gasteiger partial charge in [0, 0.05) is 11.6 Å². The molecule has 0 aliphatic carbocycles. The second kappa shape index (κ2) is 5.34. The molecule has 0 radical (unpaired) electrons. The van der Waals surface area contributed by atoms with Crippen LogP contribution in [-0.4, -0.2) is 22.7 Å². The standard InChI is InChI=1S/C14H18N2OS/c17-12(8-10-4-1-2-7-15-10)11-5-3-6-13-14(11)16-9-18-13/h3,5-6,9-10,12,15,17H,1-2,4,7-8H2/t10-,12+/m0/s1. The van der Waals surface area contributed by atoms with Crippen LogP contribution in [0.3, 0.4) is 0 Å². The van der Waals surface area contributed by atoms with Gasteiger partial charge in [-0.2, -0.15) is 0 Å². The highest BCUT2D eigenvalue weighted by Crippen LogP contribution is 2.29. The van der Waals surface area contributed by atoms with Gasteiger partial charge in [0.25, 0.3) is 0 Å². The summed E-state index contributed by atoms with van der Waals surface area (Å²) >= 11 is 1.63. The molecule has 2 N–H and O–H groups in total. The maximum atomic E-state index is 10.4. The van der Waals surface area contributed by atoms with Gasteiger partial charge in [-0.15, -0.1) is 11.3 Å². The highest BCUT2D eigenvalue weighted by molar-refractivity contribution is 7.16. The lowest BCUT2D eigenvalue weighted by Crippen LogP contribution is -2.35. The van der Waals surface area contributed by atoms with Crippen molar-refractivity contribution in [2.75, 3.05) is 6.54 Å². The van der Waals surface area contributed by atoms with Gasteiger partial charge in [0.1, 0.15) is 0 Å². The summed E-state index contributed by atoms with van der Waals surface area (Å²) in [6.07, 6.45) is 4.08. The number of piperidine rings is 1. The Kier molecular flexibility index (Phi) is 3.59. The van der Waals surface area contributed by atoms with Crippen molar-refractivity contribution in [1.82, 2.24) is 10.3 Å². The molecule has 4 heteroatoms. The number of aliphatic hydroxyl groups is 1. The molecule has 96 valence electrons.